The number of nitrogens with two attached hydrogens (primary N) is 1. The molecule has 0 aliphatic carbocycles. The van der Waals surface area contributed by atoms with E-state index in [2.05, 4.69) is 0 Å². The maximum Gasteiger partial charge on any atom is 0.305 e. The first kappa shape index (κ1) is 18.8. The van der Waals surface area contributed by atoms with Crippen LogP contribution in [0.15, 0.2) is 48.5 Å². The predicted molar refractivity (Wildman–Crippen MR) is 98.9 cm³/mol. The van der Waals surface area contributed by atoms with Crippen molar-refractivity contribution in [1.29, 1.82) is 0 Å². The average molecular weight is 362 g/mol. The van der Waals surface area contributed by atoms with Gasteiger partial charge in [-0.15, -0.1) is 0 Å². The Balaban J connectivity index is 2.52. The van der Waals surface area contributed by atoms with Gasteiger partial charge in [0.05, 0.1) is 25.7 Å². The molecule has 0 radical (unpaired) electrons. The first-order valence-corrected chi connectivity index (χ1v) is 8.00. The van der Waals surface area contributed by atoms with Crippen LogP contribution in [0.1, 0.15) is 17.5 Å². The van der Waals surface area contributed by atoms with Gasteiger partial charge >= 0.3 is 5.97 Å². The Morgan fingerprint density at radius 1 is 1.00 bits per heavy atom. The van der Waals surface area contributed by atoms with Gasteiger partial charge in [0.25, 0.3) is 0 Å². The number of methoxy groups -OCH3 is 2. The summed E-state index contributed by atoms with van der Waals surface area (Å²) in [5.41, 5.74) is 8.18. The molecule has 132 valence electrons. The van der Waals surface area contributed by atoms with Crippen molar-refractivity contribution in [2.45, 2.75) is 12.5 Å². The van der Waals surface area contributed by atoms with Crippen LogP contribution >= 0.6 is 11.6 Å². The number of benzene rings is 2. The molecule has 25 heavy (non-hydrogen) atoms. The fourth-order valence-electron chi connectivity index (χ4n) is 2.46. The second-order valence-electron chi connectivity index (χ2n) is 5.39. The Morgan fingerprint density at radius 3 is 1.84 bits per heavy atom. The lowest BCUT2D eigenvalue weighted by atomic mass is 9.94. The molecule has 0 saturated carbocycles. The fourth-order valence-corrected chi connectivity index (χ4v) is 2.83. The largest absolute Gasteiger partial charge is 0.497 e. The Morgan fingerprint density at radius 2 is 1.44 bits per heavy atom. The van der Waals surface area contributed by atoms with Crippen molar-refractivity contribution >= 4 is 28.2 Å². The highest BCUT2D eigenvalue weighted by Crippen LogP contribution is 2.34. The van der Waals surface area contributed by atoms with Gasteiger partial charge in [-0.25, -0.2) is 0 Å². The van der Waals surface area contributed by atoms with E-state index in [1.165, 1.54) is 0 Å². The molecule has 0 bridgehead atoms. The summed E-state index contributed by atoms with van der Waals surface area (Å²) in [5.74, 6) is 0.405. The number of carbonyl (C=O) groups is 1. The van der Waals surface area contributed by atoms with Crippen LogP contribution in [0, 0.1) is 0 Å². The minimum absolute atomic E-state index is 0.228. The van der Waals surface area contributed by atoms with Crippen molar-refractivity contribution < 1.29 is 19.4 Å². The molecule has 6 heteroatoms. The molecular formula is C19H20ClNO4. The number of carboxylic acid groups (broad SMARTS) is 1. The monoisotopic (exact) mass is 361 g/mol. The van der Waals surface area contributed by atoms with E-state index in [1.54, 1.807) is 50.6 Å². The third-order valence-corrected chi connectivity index (χ3v) is 4.17. The molecule has 5 nitrogen and oxygen atoms in total. The zero-order chi connectivity index (χ0) is 18.4. The van der Waals surface area contributed by atoms with E-state index in [-0.39, 0.29) is 6.42 Å². The summed E-state index contributed by atoms with van der Waals surface area (Å²) < 4.78 is 10.3. The number of hydrogen-bond acceptors (Lipinski definition) is 4. The first-order valence-electron chi connectivity index (χ1n) is 7.62. The van der Waals surface area contributed by atoms with Crippen LogP contribution in [0.4, 0.5) is 0 Å². The molecule has 0 aromatic heterocycles. The van der Waals surface area contributed by atoms with E-state index >= 15 is 0 Å². The molecule has 2 rings (SSSR count). The third kappa shape index (κ3) is 4.75. The highest BCUT2D eigenvalue weighted by molar-refractivity contribution is 6.52. The van der Waals surface area contributed by atoms with E-state index in [9.17, 15) is 4.79 Å². The predicted octanol–water partition coefficient (Wildman–Crippen LogP) is 3.61. The SMILES string of the molecule is COc1ccc(/C(Cl)=C(/c2ccc(OC)cc2)C(N)CC(=O)O)cc1. The number of halogens is 1. The molecule has 0 aliphatic heterocycles. The van der Waals surface area contributed by atoms with Gasteiger partial charge in [0.15, 0.2) is 0 Å². The zero-order valence-corrected chi connectivity index (χ0v) is 14.8. The Hall–Kier alpha value is -2.50. The van der Waals surface area contributed by atoms with E-state index < -0.39 is 12.0 Å². The minimum Gasteiger partial charge on any atom is -0.497 e. The van der Waals surface area contributed by atoms with Gasteiger partial charge in [0, 0.05) is 6.04 Å². The Kier molecular flexibility index (Phi) is 6.44. The molecule has 1 atom stereocenters. The Labute approximate surface area is 151 Å². The van der Waals surface area contributed by atoms with Crippen LogP contribution in [0.2, 0.25) is 0 Å². The quantitative estimate of drug-likeness (QED) is 0.736. The van der Waals surface area contributed by atoms with Gasteiger partial charge in [-0.05, 0) is 53.1 Å². The molecule has 0 saturated heterocycles. The number of rotatable bonds is 7. The number of carboxylic acids is 1. The lowest BCUT2D eigenvalue weighted by molar-refractivity contribution is -0.137. The number of ether oxygens (including phenoxy) is 2. The van der Waals surface area contributed by atoms with Crippen LogP contribution in [-0.2, 0) is 4.79 Å². The van der Waals surface area contributed by atoms with Gasteiger partial charge in [0.2, 0.25) is 0 Å². The van der Waals surface area contributed by atoms with E-state index in [4.69, 9.17) is 31.9 Å². The number of aliphatic carboxylic acids is 1. The van der Waals surface area contributed by atoms with Crippen LogP contribution in [0.3, 0.4) is 0 Å². The van der Waals surface area contributed by atoms with E-state index in [1.807, 2.05) is 12.1 Å². The molecule has 0 spiro atoms. The van der Waals surface area contributed by atoms with Gasteiger partial charge in [-0.3, -0.25) is 4.79 Å². The lowest BCUT2D eigenvalue weighted by Crippen LogP contribution is -2.25. The molecule has 2 aromatic carbocycles. The fraction of sp³-hybridized carbons (Fsp3) is 0.211. The first-order chi connectivity index (χ1) is 12.0. The van der Waals surface area contributed by atoms with E-state index in [0.29, 0.717) is 22.1 Å². The summed E-state index contributed by atoms with van der Waals surface area (Å²) in [6, 6.07) is 13.6. The molecule has 2 aromatic rings. The smallest absolute Gasteiger partial charge is 0.305 e. The summed E-state index contributed by atoms with van der Waals surface area (Å²) in [5, 5.41) is 9.50. The second-order valence-corrected chi connectivity index (χ2v) is 5.77. The summed E-state index contributed by atoms with van der Waals surface area (Å²) >= 11 is 6.59. The van der Waals surface area contributed by atoms with Crippen molar-refractivity contribution in [3.8, 4) is 11.5 Å². The minimum atomic E-state index is -0.988. The summed E-state index contributed by atoms with van der Waals surface area (Å²) in [6.45, 7) is 0. The maximum atomic E-state index is 11.1. The third-order valence-electron chi connectivity index (χ3n) is 3.75. The molecule has 0 amide bonds. The van der Waals surface area contributed by atoms with Gasteiger partial charge < -0.3 is 20.3 Å². The van der Waals surface area contributed by atoms with Crippen molar-refractivity contribution in [1.82, 2.24) is 0 Å². The van der Waals surface area contributed by atoms with Crippen molar-refractivity contribution in [2.75, 3.05) is 14.2 Å². The van der Waals surface area contributed by atoms with Crippen LogP contribution < -0.4 is 15.2 Å². The molecule has 0 fully saturated rings. The molecule has 3 N–H and O–H groups in total. The second kappa shape index (κ2) is 8.55. The highest BCUT2D eigenvalue weighted by Gasteiger charge is 2.20. The summed E-state index contributed by atoms with van der Waals surface area (Å²) in [4.78, 5) is 11.1. The van der Waals surface area contributed by atoms with Crippen molar-refractivity contribution in [3.05, 3.63) is 59.7 Å². The topological polar surface area (TPSA) is 81.8 Å². The standard InChI is InChI=1S/C19H20ClNO4/c1-24-14-7-3-12(4-8-14)18(16(21)11-17(22)23)19(20)13-5-9-15(25-2)10-6-13/h3-10,16H,11,21H2,1-2H3,(H,22,23)/b19-18+. The Bertz CT molecular complexity index is 754. The maximum absolute atomic E-state index is 11.1. The van der Waals surface area contributed by atoms with Crippen LogP contribution in [0.5, 0.6) is 11.5 Å². The average Bonchev–Trinajstić information content (AvgIpc) is 2.62. The van der Waals surface area contributed by atoms with Crippen LogP contribution in [-0.4, -0.2) is 31.3 Å². The van der Waals surface area contributed by atoms with Crippen molar-refractivity contribution in [2.24, 2.45) is 5.73 Å². The zero-order valence-electron chi connectivity index (χ0n) is 14.0. The molecule has 1 unspecified atom stereocenters. The number of hydrogen-bond donors (Lipinski definition) is 2. The van der Waals surface area contributed by atoms with Crippen molar-refractivity contribution in [3.63, 3.8) is 0 Å². The summed E-state index contributed by atoms with van der Waals surface area (Å²) in [7, 11) is 3.16. The van der Waals surface area contributed by atoms with E-state index in [0.717, 1.165) is 11.1 Å². The van der Waals surface area contributed by atoms with Gasteiger partial charge in [0.1, 0.15) is 11.5 Å². The van der Waals surface area contributed by atoms with Gasteiger partial charge in [-0.2, -0.15) is 0 Å². The molecule has 0 heterocycles. The molecule has 0 aliphatic rings. The van der Waals surface area contributed by atoms with Crippen LogP contribution in [0.25, 0.3) is 10.6 Å². The normalized spacial score (nSPS) is 13.0. The van der Waals surface area contributed by atoms with Gasteiger partial charge in [-0.1, -0.05) is 23.7 Å². The lowest BCUT2D eigenvalue weighted by Gasteiger charge is -2.18. The highest BCUT2D eigenvalue weighted by atomic mass is 35.5. The summed E-state index contributed by atoms with van der Waals surface area (Å²) in [6.07, 6.45) is -0.228. The molecular weight excluding hydrogens is 342 g/mol.